The molecule has 5 nitrogen and oxygen atoms in total. The van der Waals surface area contributed by atoms with Gasteiger partial charge in [0, 0.05) is 11.8 Å². The summed E-state index contributed by atoms with van der Waals surface area (Å²) in [6.45, 7) is 1.71. The van der Waals surface area contributed by atoms with Crippen molar-refractivity contribution in [1.82, 2.24) is 9.97 Å². The summed E-state index contributed by atoms with van der Waals surface area (Å²) in [4.78, 5) is 17.7. The number of aromatic amines is 1. The quantitative estimate of drug-likeness (QED) is 0.639. The molecule has 0 atom stereocenters. The van der Waals surface area contributed by atoms with E-state index < -0.39 is 0 Å². The van der Waals surface area contributed by atoms with Crippen molar-refractivity contribution in [2.75, 3.05) is 5.43 Å². The first-order valence-electron chi connectivity index (χ1n) is 5.26. The molecule has 0 amide bonds. The zero-order valence-electron chi connectivity index (χ0n) is 9.64. The number of nitrogens with zero attached hydrogens (tertiary/aromatic N) is 2. The fraction of sp³-hybridized carbons (Fsp3) is 0.0833. The summed E-state index contributed by atoms with van der Waals surface area (Å²) in [5.74, 6) is -0.0892. The summed E-state index contributed by atoms with van der Waals surface area (Å²) >= 11 is 0. The molecule has 18 heavy (non-hydrogen) atoms. The van der Waals surface area contributed by atoms with Gasteiger partial charge in [0.1, 0.15) is 5.82 Å². The summed E-state index contributed by atoms with van der Waals surface area (Å²) in [6.07, 6.45) is 1.44. The first-order valence-corrected chi connectivity index (χ1v) is 5.26. The van der Waals surface area contributed by atoms with E-state index in [1.807, 2.05) is 0 Å². The van der Waals surface area contributed by atoms with Gasteiger partial charge in [0.25, 0.3) is 5.56 Å². The second kappa shape index (κ2) is 5.22. The van der Waals surface area contributed by atoms with E-state index in [0.29, 0.717) is 11.3 Å². The molecule has 0 spiro atoms. The van der Waals surface area contributed by atoms with Gasteiger partial charge in [-0.1, -0.05) is 12.1 Å². The molecule has 1 aromatic heterocycles. The van der Waals surface area contributed by atoms with Crippen molar-refractivity contribution in [3.63, 3.8) is 0 Å². The van der Waals surface area contributed by atoms with E-state index in [-0.39, 0.29) is 17.3 Å². The van der Waals surface area contributed by atoms with Crippen LogP contribution in [-0.2, 0) is 0 Å². The van der Waals surface area contributed by atoms with Crippen LogP contribution >= 0.6 is 0 Å². The number of anilines is 1. The molecule has 1 aromatic carbocycles. The van der Waals surface area contributed by atoms with Crippen molar-refractivity contribution in [2.45, 2.75) is 6.92 Å². The molecule has 0 aliphatic carbocycles. The number of H-pyrrole nitrogens is 1. The van der Waals surface area contributed by atoms with Crippen LogP contribution in [0, 0.1) is 12.7 Å². The lowest BCUT2D eigenvalue weighted by molar-refractivity contribution is 0.627. The molecular formula is C12H11FN4O. The second-order valence-electron chi connectivity index (χ2n) is 3.66. The monoisotopic (exact) mass is 246 g/mol. The van der Waals surface area contributed by atoms with E-state index in [1.54, 1.807) is 19.1 Å². The first kappa shape index (κ1) is 12.0. The van der Waals surface area contributed by atoms with Crippen molar-refractivity contribution in [2.24, 2.45) is 5.10 Å². The Balaban J connectivity index is 2.09. The van der Waals surface area contributed by atoms with Crippen molar-refractivity contribution >= 4 is 12.2 Å². The lowest BCUT2D eigenvalue weighted by atomic mass is 10.2. The standard InChI is InChI=1S/C12H11FN4O/c1-8-5-11(18)16-12(15-8)17-14-7-9-3-2-4-10(13)6-9/h2-7H,1H3,(H2,15,16,17,18)/b14-7+. The number of benzene rings is 1. The molecule has 0 saturated carbocycles. The van der Waals surface area contributed by atoms with Crippen LogP contribution in [0.2, 0.25) is 0 Å². The molecule has 0 radical (unpaired) electrons. The Labute approximate surface area is 102 Å². The van der Waals surface area contributed by atoms with E-state index in [1.165, 1.54) is 24.4 Å². The fourth-order valence-electron chi connectivity index (χ4n) is 1.39. The fourth-order valence-corrected chi connectivity index (χ4v) is 1.39. The zero-order valence-corrected chi connectivity index (χ0v) is 9.64. The maximum atomic E-state index is 12.9. The van der Waals surface area contributed by atoms with Crippen LogP contribution in [0.25, 0.3) is 0 Å². The highest BCUT2D eigenvalue weighted by Gasteiger charge is 1.95. The highest BCUT2D eigenvalue weighted by Crippen LogP contribution is 2.01. The van der Waals surface area contributed by atoms with Gasteiger partial charge in [-0.05, 0) is 24.6 Å². The normalized spacial score (nSPS) is 10.8. The van der Waals surface area contributed by atoms with Crippen LogP contribution in [-0.4, -0.2) is 16.2 Å². The average Bonchev–Trinajstić information content (AvgIpc) is 2.27. The van der Waals surface area contributed by atoms with E-state index in [9.17, 15) is 9.18 Å². The molecule has 2 N–H and O–H groups in total. The van der Waals surface area contributed by atoms with Gasteiger partial charge in [-0.3, -0.25) is 9.78 Å². The molecule has 0 fully saturated rings. The maximum Gasteiger partial charge on any atom is 0.252 e. The smallest absolute Gasteiger partial charge is 0.252 e. The third kappa shape index (κ3) is 3.24. The highest BCUT2D eigenvalue weighted by atomic mass is 19.1. The summed E-state index contributed by atoms with van der Waals surface area (Å²) in [5, 5.41) is 3.86. The predicted octanol–water partition coefficient (Wildman–Crippen LogP) is 1.66. The predicted molar refractivity (Wildman–Crippen MR) is 67.2 cm³/mol. The summed E-state index contributed by atoms with van der Waals surface area (Å²) in [5.41, 5.74) is 3.51. The van der Waals surface area contributed by atoms with Gasteiger partial charge in [0.2, 0.25) is 5.95 Å². The van der Waals surface area contributed by atoms with Crippen LogP contribution in [0.1, 0.15) is 11.3 Å². The van der Waals surface area contributed by atoms with Gasteiger partial charge >= 0.3 is 0 Å². The highest BCUT2D eigenvalue weighted by molar-refractivity contribution is 5.79. The molecule has 0 aliphatic heterocycles. The van der Waals surface area contributed by atoms with Crippen LogP contribution in [0.3, 0.4) is 0 Å². The van der Waals surface area contributed by atoms with Gasteiger partial charge in [-0.25, -0.2) is 14.8 Å². The Morgan fingerprint density at radius 3 is 3.00 bits per heavy atom. The molecule has 92 valence electrons. The van der Waals surface area contributed by atoms with Gasteiger partial charge in [-0.2, -0.15) is 5.10 Å². The molecule has 0 saturated heterocycles. The molecule has 0 bridgehead atoms. The Kier molecular flexibility index (Phi) is 3.47. The van der Waals surface area contributed by atoms with Crippen LogP contribution in [0.5, 0.6) is 0 Å². The largest absolute Gasteiger partial charge is 0.291 e. The molecule has 6 heteroatoms. The zero-order chi connectivity index (χ0) is 13.0. The molecule has 2 rings (SSSR count). The van der Waals surface area contributed by atoms with Gasteiger partial charge in [-0.15, -0.1) is 0 Å². The van der Waals surface area contributed by atoms with Gasteiger partial charge < -0.3 is 0 Å². The summed E-state index contributed by atoms with van der Waals surface area (Å²) in [6, 6.07) is 7.37. The molecular weight excluding hydrogens is 235 g/mol. The Morgan fingerprint density at radius 1 is 1.44 bits per heavy atom. The van der Waals surface area contributed by atoms with Crippen molar-refractivity contribution in [3.05, 3.63) is 57.8 Å². The van der Waals surface area contributed by atoms with Gasteiger partial charge in [0.15, 0.2) is 0 Å². The first-order chi connectivity index (χ1) is 8.63. The van der Waals surface area contributed by atoms with E-state index in [0.717, 1.165) is 0 Å². The number of hydrogen-bond acceptors (Lipinski definition) is 4. The SMILES string of the molecule is Cc1cc(=O)[nH]c(N/N=C/c2cccc(F)c2)n1. The summed E-state index contributed by atoms with van der Waals surface area (Å²) < 4.78 is 12.9. The third-order valence-electron chi connectivity index (χ3n) is 2.10. The van der Waals surface area contributed by atoms with E-state index >= 15 is 0 Å². The van der Waals surface area contributed by atoms with E-state index in [4.69, 9.17) is 0 Å². The Hall–Kier alpha value is -2.50. The Morgan fingerprint density at radius 2 is 2.28 bits per heavy atom. The average molecular weight is 246 g/mol. The van der Waals surface area contributed by atoms with Crippen LogP contribution in [0.4, 0.5) is 10.3 Å². The minimum Gasteiger partial charge on any atom is -0.291 e. The third-order valence-corrected chi connectivity index (χ3v) is 2.10. The number of rotatable bonds is 3. The maximum absolute atomic E-state index is 12.9. The van der Waals surface area contributed by atoms with Crippen molar-refractivity contribution in [1.29, 1.82) is 0 Å². The number of hydrogen-bond donors (Lipinski definition) is 2. The summed E-state index contributed by atoms with van der Waals surface area (Å²) in [7, 11) is 0. The number of halogens is 1. The number of nitrogens with one attached hydrogen (secondary N) is 2. The van der Waals surface area contributed by atoms with Crippen LogP contribution < -0.4 is 11.0 Å². The lowest BCUT2D eigenvalue weighted by Crippen LogP contribution is -2.10. The number of hydrazone groups is 1. The molecule has 2 aromatic rings. The minimum absolute atomic E-state index is 0.243. The molecule has 1 heterocycles. The van der Waals surface area contributed by atoms with E-state index in [2.05, 4.69) is 20.5 Å². The molecule has 0 aliphatic rings. The molecule has 0 unspecified atom stereocenters. The Bertz CT molecular complexity index is 636. The van der Waals surface area contributed by atoms with Crippen LogP contribution in [0.15, 0.2) is 40.2 Å². The lowest BCUT2D eigenvalue weighted by Gasteiger charge is -1.99. The minimum atomic E-state index is -0.332. The van der Waals surface area contributed by atoms with Crippen molar-refractivity contribution < 1.29 is 4.39 Å². The number of aromatic nitrogens is 2. The van der Waals surface area contributed by atoms with Crippen molar-refractivity contribution in [3.8, 4) is 0 Å². The number of aryl methyl sites for hydroxylation is 1. The van der Waals surface area contributed by atoms with Gasteiger partial charge in [0.05, 0.1) is 6.21 Å². The topological polar surface area (TPSA) is 70.1 Å². The second-order valence-corrected chi connectivity index (χ2v) is 3.66.